The molecule has 1 saturated heterocycles. The maximum atomic E-state index is 13.9. The molecule has 234 valence electrons. The Kier molecular flexibility index (Phi) is 8.45. The molecule has 1 aliphatic heterocycles. The number of anilines is 1. The fraction of sp³-hybridized carbons (Fsp3) is 0.270. The van der Waals surface area contributed by atoms with Crippen LogP contribution in [0.15, 0.2) is 127 Å². The van der Waals surface area contributed by atoms with E-state index in [0.717, 1.165) is 22.3 Å². The molecule has 1 unspecified atom stereocenters. The van der Waals surface area contributed by atoms with Crippen LogP contribution in [-0.4, -0.2) is 63.2 Å². The van der Waals surface area contributed by atoms with Gasteiger partial charge in [0.05, 0.1) is 19.0 Å². The Bertz CT molecular complexity index is 1730. The molecule has 7 rings (SSSR count). The van der Waals surface area contributed by atoms with Crippen LogP contribution in [0, 0.1) is 0 Å². The Morgan fingerprint density at radius 1 is 0.935 bits per heavy atom. The Hall–Kier alpha value is -4.70. The van der Waals surface area contributed by atoms with Crippen LogP contribution in [0.3, 0.4) is 0 Å². The zero-order chi connectivity index (χ0) is 31.5. The van der Waals surface area contributed by atoms with E-state index in [1.165, 1.54) is 6.33 Å². The van der Waals surface area contributed by atoms with Crippen LogP contribution >= 0.6 is 0 Å². The molecule has 2 aromatic heterocycles. The number of aromatic nitrogens is 4. The molecule has 0 bridgehead atoms. The largest absolute Gasteiger partial charge is 0.390 e. The molecule has 8 nitrogen and oxygen atoms in total. The van der Waals surface area contributed by atoms with Gasteiger partial charge in [0.15, 0.2) is 17.0 Å². The molecule has 1 N–H and O–H groups in total. The highest BCUT2D eigenvalue weighted by atomic mass is 19.1. The second kappa shape index (κ2) is 13.0. The molecule has 0 saturated carbocycles. The van der Waals surface area contributed by atoms with Crippen LogP contribution in [0.1, 0.15) is 35.8 Å². The molecule has 1 fully saturated rings. The SMILES string of the molecule is CN(CC1=CC(F)CC=C1)c1ncnc2c1ncn2[C@H]1C[C@H](O)[C@@H](COC(c2ccccc2)(c2ccccc2)c2ccccc2)O1. The van der Waals surface area contributed by atoms with Gasteiger partial charge in [-0.2, -0.15) is 0 Å². The number of likely N-dealkylation sites (N-methyl/N-ethyl adjacent to an activating group) is 1. The van der Waals surface area contributed by atoms with E-state index < -0.39 is 30.2 Å². The monoisotopic (exact) mass is 617 g/mol. The molecule has 9 heteroatoms. The molecule has 46 heavy (non-hydrogen) atoms. The zero-order valence-corrected chi connectivity index (χ0v) is 25.6. The van der Waals surface area contributed by atoms with Gasteiger partial charge in [-0.1, -0.05) is 103 Å². The zero-order valence-electron chi connectivity index (χ0n) is 25.6. The summed E-state index contributed by atoms with van der Waals surface area (Å²) in [6.07, 6.45) is 6.52. The minimum absolute atomic E-state index is 0.143. The average molecular weight is 618 g/mol. The smallest absolute Gasteiger partial charge is 0.167 e. The first-order valence-electron chi connectivity index (χ1n) is 15.6. The lowest BCUT2D eigenvalue weighted by Gasteiger charge is -2.37. The summed E-state index contributed by atoms with van der Waals surface area (Å²) in [6, 6.07) is 30.4. The summed E-state index contributed by atoms with van der Waals surface area (Å²) in [7, 11) is 1.90. The summed E-state index contributed by atoms with van der Waals surface area (Å²) in [5.74, 6) is 0.635. The molecule has 4 atom stereocenters. The van der Waals surface area contributed by atoms with Crippen LogP contribution in [0.25, 0.3) is 11.2 Å². The van der Waals surface area contributed by atoms with E-state index in [4.69, 9.17) is 9.47 Å². The van der Waals surface area contributed by atoms with E-state index in [1.807, 2.05) is 83.3 Å². The number of imidazole rings is 1. The maximum absolute atomic E-state index is 13.9. The second-order valence-corrected chi connectivity index (χ2v) is 11.8. The van der Waals surface area contributed by atoms with Crippen LogP contribution in [0.4, 0.5) is 10.2 Å². The van der Waals surface area contributed by atoms with Crippen molar-refractivity contribution in [1.29, 1.82) is 0 Å². The first-order chi connectivity index (χ1) is 22.5. The van der Waals surface area contributed by atoms with Crippen molar-refractivity contribution < 1.29 is 19.0 Å². The number of benzene rings is 3. The van der Waals surface area contributed by atoms with Crippen LogP contribution < -0.4 is 4.90 Å². The van der Waals surface area contributed by atoms with Crippen molar-refractivity contribution in [2.45, 2.75) is 43.1 Å². The highest BCUT2D eigenvalue weighted by Gasteiger charge is 2.42. The first-order valence-corrected chi connectivity index (χ1v) is 15.6. The molecule has 3 heterocycles. The number of alkyl halides is 1. The van der Waals surface area contributed by atoms with Gasteiger partial charge < -0.3 is 19.5 Å². The van der Waals surface area contributed by atoms with Crippen molar-refractivity contribution in [3.8, 4) is 0 Å². The van der Waals surface area contributed by atoms with Crippen LogP contribution in [-0.2, 0) is 15.1 Å². The number of aliphatic hydroxyl groups excluding tert-OH is 1. The predicted octanol–water partition coefficient (Wildman–Crippen LogP) is 6.14. The fourth-order valence-corrected chi connectivity index (χ4v) is 6.50. The topological polar surface area (TPSA) is 85.5 Å². The predicted molar refractivity (Wildman–Crippen MR) is 175 cm³/mol. The lowest BCUT2D eigenvalue weighted by Crippen LogP contribution is -2.38. The number of aliphatic hydroxyl groups is 1. The quantitative estimate of drug-likeness (QED) is 0.188. The summed E-state index contributed by atoms with van der Waals surface area (Å²) in [5.41, 5.74) is 4.10. The number of rotatable bonds is 10. The van der Waals surface area contributed by atoms with Crippen molar-refractivity contribution in [2.75, 3.05) is 25.1 Å². The second-order valence-electron chi connectivity index (χ2n) is 11.8. The van der Waals surface area contributed by atoms with Gasteiger partial charge in [0.2, 0.25) is 0 Å². The third-order valence-electron chi connectivity index (χ3n) is 8.73. The van der Waals surface area contributed by atoms with Crippen molar-refractivity contribution in [2.24, 2.45) is 0 Å². The molecule has 3 aromatic carbocycles. The Balaban J connectivity index is 1.15. The van der Waals surface area contributed by atoms with E-state index in [9.17, 15) is 9.50 Å². The molecular formula is C37H36FN5O3. The number of hydrogen-bond acceptors (Lipinski definition) is 7. The lowest BCUT2D eigenvalue weighted by atomic mass is 9.80. The maximum Gasteiger partial charge on any atom is 0.167 e. The number of allylic oxidation sites excluding steroid dienone is 2. The fourth-order valence-electron chi connectivity index (χ4n) is 6.50. The molecule has 0 amide bonds. The number of hydrogen-bond donors (Lipinski definition) is 1. The van der Waals surface area contributed by atoms with E-state index in [1.54, 1.807) is 12.4 Å². The Labute approximate surface area is 267 Å². The summed E-state index contributed by atoms with van der Waals surface area (Å²) >= 11 is 0. The van der Waals surface area contributed by atoms with Crippen molar-refractivity contribution in [3.63, 3.8) is 0 Å². The molecule has 1 aliphatic carbocycles. The van der Waals surface area contributed by atoms with Gasteiger partial charge in [-0.15, -0.1) is 0 Å². The van der Waals surface area contributed by atoms with Gasteiger partial charge in [-0.05, 0) is 28.3 Å². The summed E-state index contributed by atoms with van der Waals surface area (Å²) in [4.78, 5) is 15.6. The van der Waals surface area contributed by atoms with Gasteiger partial charge in [-0.3, -0.25) is 4.57 Å². The standard InChI is InChI=1S/C37H36FN5O3/c1-42(22-26-12-11-19-30(38)20-26)35-34-36(40-24-39-35)43(25-41-34)33-21-31(44)32(46-33)23-45-37(27-13-5-2-6-14-27,28-15-7-3-8-16-28)29-17-9-4-10-18-29/h2-18,20,24-25,30-33,44H,19,21-23H2,1H3/t30?,31-,32+,33+/m0/s1. The van der Waals surface area contributed by atoms with E-state index >= 15 is 0 Å². The van der Waals surface area contributed by atoms with Crippen molar-refractivity contribution in [1.82, 2.24) is 19.5 Å². The van der Waals surface area contributed by atoms with Crippen LogP contribution in [0.2, 0.25) is 0 Å². The van der Waals surface area contributed by atoms with Crippen molar-refractivity contribution >= 4 is 17.0 Å². The van der Waals surface area contributed by atoms with Gasteiger partial charge >= 0.3 is 0 Å². The minimum Gasteiger partial charge on any atom is -0.390 e. The third-order valence-corrected chi connectivity index (χ3v) is 8.73. The lowest BCUT2D eigenvalue weighted by molar-refractivity contribution is -0.0930. The molecule has 5 aromatic rings. The molecule has 0 spiro atoms. The van der Waals surface area contributed by atoms with Gasteiger partial charge in [0.25, 0.3) is 0 Å². The Morgan fingerprint density at radius 2 is 1.57 bits per heavy atom. The highest BCUT2D eigenvalue weighted by molar-refractivity contribution is 5.83. The molecular weight excluding hydrogens is 581 g/mol. The highest BCUT2D eigenvalue weighted by Crippen LogP contribution is 2.42. The average Bonchev–Trinajstić information content (AvgIpc) is 3.69. The van der Waals surface area contributed by atoms with Gasteiger partial charge in [0.1, 0.15) is 30.4 Å². The van der Waals surface area contributed by atoms with E-state index in [-0.39, 0.29) is 6.61 Å². The number of nitrogens with zero attached hydrogens (tertiary/aromatic N) is 5. The van der Waals surface area contributed by atoms with Crippen molar-refractivity contribution in [3.05, 3.63) is 144 Å². The van der Waals surface area contributed by atoms with Gasteiger partial charge in [-0.25, -0.2) is 19.3 Å². The van der Waals surface area contributed by atoms with E-state index in [2.05, 4.69) is 51.4 Å². The van der Waals surface area contributed by atoms with E-state index in [0.29, 0.717) is 36.4 Å². The Morgan fingerprint density at radius 3 is 2.17 bits per heavy atom. The molecule has 2 aliphatic rings. The first kappa shape index (κ1) is 30.0. The van der Waals surface area contributed by atoms with Crippen LogP contribution in [0.5, 0.6) is 0 Å². The number of halogens is 1. The minimum atomic E-state index is -0.973. The number of fused-ring (bicyclic) bond motifs is 1. The summed E-state index contributed by atoms with van der Waals surface area (Å²) < 4.78 is 29.2. The number of ether oxygens (including phenoxy) is 2. The van der Waals surface area contributed by atoms with Gasteiger partial charge in [0, 0.05) is 26.4 Å². The third kappa shape index (κ3) is 5.73. The normalized spacial score (nSPS) is 21.4. The molecule has 0 radical (unpaired) electrons. The summed E-state index contributed by atoms with van der Waals surface area (Å²) in [6.45, 7) is 0.629. The summed E-state index contributed by atoms with van der Waals surface area (Å²) in [5, 5.41) is 11.3.